The van der Waals surface area contributed by atoms with Gasteiger partial charge in [-0.25, -0.2) is 9.59 Å². The fourth-order valence-electron chi connectivity index (χ4n) is 6.21. The average Bonchev–Trinajstić information content (AvgIpc) is 3.61. The van der Waals surface area contributed by atoms with E-state index in [9.17, 15) is 19.8 Å². The smallest absolute Gasteiger partial charge is 0.463 e. The summed E-state index contributed by atoms with van der Waals surface area (Å²) in [5.41, 5.74) is 0. The molecule has 0 aromatic rings. The molecule has 12 heteroatoms. The van der Waals surface area contributed by atoms with Gasteiger partial charge in [-0.2, -0.15) is 0 Å². The summed E-state index contributed by atoms with van der Waals surface area (Å²) >= 11 is 0. The molecule has 0 radical (unpaired) electrons. The molecule has 0 spiro atoms. The summed E-state index contributed by atoms with van der Waals surface area (Å²) in [5, 5.41) is 18.9. The van der Waals surface area contributed by atoms with Gasteiger partial charge in [-0.05, 0) is 101 Å². The van der Waals surface area contributed by atoms with Crippen molar-refractivity contribution >= 4 is 29.1 Å². The molecule has 1 rings (SSSR count). The van der Waals surface area contributed by atoms with Crippen LogP contribution in [0.5, 0.6) is 0 Å². The highest BCUT2D eigenvalue weighted by atomic mass is 28.4. The average molecular weight is 755 g/mol. The number of allylic oxidation sites excluding steroid dienone is 6. The first-order valence-corrected chi connectivity index (χ1v) is 23.7. The molecule has 294 valence electrons. The topological polar surface area (TPSA) is 130 Å². The van der Waals surface area contributed by atoms with Crippen molar-refractivity contribution in [2.45, 2.75) is 121 Å². The van der Waals surface area contributed by atoms with Crippen LogP contribution in [0.4, 0.5) is 0 Å². The van der Waals surface area contributed by atoms with Gasteiger partial charge in [0.1, 0.15) is 0 Å². The number of rotatable bonds is 32. The van der Waals surface area contributed by atoms with Gasteiger partial charge in [-0.3, -0.25) is 0 Å². The van der Waals surface area contributed by atoms with E-state index in [0.717, 1.165) is 44.9 Å². The SMILES string of the molecule is CO[Si](CO)(CO)CCCOC(=O)C=CCCCCCC/C=C/C1CCC(/C=C/CCCCCCC=CC(=O)OCCC[Si](OC)(OC)OC)C1. The minimum atomic E-state index is -2.60. The molecule has 1 aliphatic carbocycles. The van der Waals surface area contributed by atoms with Gasteiger partial charge in [0.05, 0.1) is 25.7 Å². The lowest BCUT2D eigenvalue weighted by molar-refractivity contribution is -0.138. The maximum atomic E-state index is 11.9. The summed E-state index contributed by atoms with van der Waals surface area (Å²) < 4.78 is 31.9. The molecular weight excluding hydrogens is 685 g/mol. The number of aliphatic hydroxyl groups excluding tert-OH is 2. The van der Waals surface area contributed by atoms with Gasteiger partial charge >= 0.3 is 20.7 Å². The van der Waals surface area contributed by atoms with Crippen molar-refractivity contribution < 1.29 is 47.0 Å². The first-order valence-electron chi connectivity index (χ1n) is 19.2. The standard InChI is InChI=1S/C39H70O10Si2/c1-44-50(34-40,35-41)31-21-29-48-38(42)25-19-15-11-7-5-9-13-17-23-36-27-28-37(33-36)24-18-14-10-6-8-12-16-20-26-39(43)49-30-22-32-51(45-2,46-3)47-4/h17-20,23-26,36-37,40-41H,5-16,21-22,27-35H2,1-4H3/b23-17+,24-18+,25-19?,26-20?. The van der Waals surface area contributed by atoms with E-state index >= 15 is 0 Å². The Morgan fingerprint density at radius 1 is 0.569 bits per heavy atom. The molecule has 0 aliphatic heterocycles. The van der Waals surface area contributed by atoms with Crippen molar-refractivity contribution in [3.63, 3.8) is 0 Å². The van der Waals surface area contributed by atoms with Crippen molar-refractivity contribution in [1.29, 1.82) is 0 Å². The van der Waals surface area contributed by atoms with E-state index in [1.54, 1.807) is 21.3 Å². The van der Waals surface area contributed by atoms with Gasteiger partial charge in [0.25, 0.3) is 0 Å². The molecule has 0 heterocycles. The Bertz CT molecular complexity index is 913. The van der Waals surface area contributed by atoms with Crippen LogP contribution in [-0.2, 0) is 36.8 Å². The first-order chi connectivity index (χ1) is 24.8. The Labute approximate surface area is 311 Å². The zero-order chi connectivity index (χ0) is 37.5. The second kappa shape index (κ2) is 30.5. The molecule has 51 heavy (non-hydrogen) atoms. The van der Waals surface area contributed by atoms with Crippen LogP contribution >= 0.6 is 0 Å². The lowest BCUT2D eigenvalue weighted by Gasteiger charge is -2.24. The minimum Gasteiger partial charge on any atom is -0.463 e. The number of hydrogen-bond donors (Lipinski definition) is 2. The van der Waals surface area contributed by atoms with E-state index in [-0.39, 0.29) is 31.0 Å². The Morgan fingerprint density at radius 3 is 1.37 bits per heavy atom. The van der Waals surface area contributed by atoms with E-state index in [4.69, 9.17) is 27.2 Å². The normalized spacial score (nSPS) is 17.1. The van der Waals surface area contributed by atoms with Gasteiger partial charge < -0.3 is 37.4 Å². The zero-order valence-electron chi connectivity index (χ0n) is 32.2. The molecule has 10 nitrogen and oxygen atoms in total. The first kappa shape index (κ1) is 47.1. The van der Waals surface area contributed by atoms with E-state index in [2.05, 4.69) is 24.3 Å². The molecule has 1 saturated carbocycles. The molecule has 2 N–H and O–H groups in total. The minimum absolute atomic E-state index is 0.136. The number of hydrogen-bond acceptors (Lipinski definition) is 10. The molecule has 0 amide bonds. The number of esters is 2. The maximum absolute atomic E-state index is 11.9. The lowest BCUT2D eigenvalue weighted by Crippen LogP contribution is -2.46. The van der Waals surface area contributed by atoms with Crippen LogP contribution in [0.25, 0.3) is 0 Å². The van der Waals surface area contributed by atoms with Crippen LogP contribution in [0.15, 0.2) is 48.6 Å². The largest absolute Gasteiger partial charge is 0.500 e. The molecule has 1 aliphatic rings. The van der Waals surface area contributed by atoms with Crippen molar-refractivity contribution in [2.24, 2.45) is 11.8 Å². The molecule has 0 aromatic carbocycles. The van der Waals surface area contributed by atoms with E-state index in [0.29, 0.717) is 43.4 Å². The molecule has 0 aromatic heterocycles. The highest BCUT2D eigenvalue weighted by molar-refractivity contribution is 6.73. The second-order valence-corrected chi connectivity index (χ2v) is 20.5. The summed E-state index contributed by atoms with van der Waals surface area (Å²) in [5.74, 6) is 0.790. The van der Waals surface area contributed by atoms with Gasteiger partial charge in [-0.1, -0.05) is 62.1 Å². The predicted molar refractivity (Wildman–Crippen MR) is 207 cm³/mol. The molecular formula is C39H70O10Si2. The number of carbonyl (C=O) groups is 2. The second-order valence-electron chi connectivity index (χ2n) is 13.5. The summed E-state index contributed by atoms with van der Waals surface area (Å²) in [4.78, 5) is 23.7. The summed E-state index contributed by atoms with van der Waals surface area (Å²) in [6.07, 6.45) is 34.7. The third-order valence-corrected chi connectivity index (χ3v) is 15.8. The van der Waals surface area contributed by atoms with Crippen LogP contribution in [0.2, 0.25) is 12.1 Å². The number of unbranched alkanes of at least 4 members (excludes halogenated alkanes) is 10. The Kier molecular flexibility index (Phi) is 28.2. The van der Waals surface area contributed by atoms with E-state index < -0.39 is 17.1 Å². The Balaban J connectivity index is 1.98. The van der Waals surface area contributed by atoms with Crippen LogP contribution in [-0.4, -0.2) is 93.4 Å². The molecule has 0 saturated heterocycles. The fraction of sp³-hybridized carbons (Fsp3) is 0.744. The Hall–Kier alpha value is -1.91. The maximum Gasteiger partial charge on any atom is 0.500 e. The van der Waals surface area contributed by atoms with E-state index in [1.165, 1.54) is 70.6 Å². The highest BCUT2D eigenvalue weighted by Crippen LogP contribution is 2.33. The summed E-state index contributed by atoms with van der Waals surface area (Å²) in [6.45, 7) is 0.594. The highest BCUT2D eigenvalue weighted by Gasteiger charge is 2.37. The number of carbonyl (C=O) groups excluding carboxylic acids is 2. The predicted octanol–water partition coefficient (Wildman–Crippen LogP) is 7.71. The quantitative estimate of drug-likeness (QED) is 0.0232. The van der Waals surface area contributed by atoms with Gasteiger partial charge in [0.2, 0.25) is 8.32 Å². The summed E-state index contributed by atoms with van der Waals surface area (Å²) in [6, 6.07) is 1.16. The van der Waals surface area contributed by atoms with Crippen molar-refractivity contribution in [3.05, 3.63) is 48.6 Å². The molecule has 0 bridgehead atoms. The number of ether oxygens (including phenoxy) is 2. The van der Waals surface area contributed by atoms with Crippen molar-refractivity contribution in [2.75, 3.05) is 54.1 Å². The van der Waals surface area contributed by atoms with Crippen LogP contribution in [0.3, 0.4) is 0 Å². The Morgan fingerprint density at radius 2 is 0.980 bits per heavy atom. The van der Waals surface area contributed by atoms with Crippen LogP contribution in [0, 0.1) is 11.8 Å². The monoisotopic (exact) mass is 754 g/mol. The van der Waals surface area contributed by atoms with Gasteiger partial charge in [0.15, 0.2) is 0 Å². The van der Waals surface area contributed by atoms with E-state index in [1.807, 2.05) is 12.2 Å². The van der Waals surface area contributed by atoms with Crippen molar-refractivity contribution in [1.82, 2.24) is 0 Å². The summed E-state index contributed by atoms with van der Waals surface area (Å²) in [7, 11) is 1.16. The molecule has 2 unspecified atom stereocenters. The fourth-order valence-corrected chi connectivity index (χ4v) is 9.57. The third kappa shape index (κ3) is 22.7. The lowest BCUT2D eigenvalue weighted by atomic mass is 10.0. The van der Waals surface area contributed by atoms with Gasteiger partial charge in [-0.15, -0.1) is 0 Å². The molecule has 2 atom stereocenters. The zero-order valence-corrected chi connectivity index (χ0v) is 34.2. The third-order valence-electron chi connectivity index (χ3n) is 9.66. The van der Waals surface area contributed by atoms with Crippen LogP contribution in [0.1, 0.15) is 109 Å². The number of aliphatic hydroxyl groups is 2. The van der Waals surface area contributed by atoms with Crippen LogP contribution < -0.4 is 0 Å². The van der Waals surface area contributed by atoms with Gasteiger partial charge in [0, 0.05) is 46.6 Å². The van der Waals surface area contributed by atoms with Crippen molar-refractivity contribution in [3.8, 4) is 0 Å². The molecule has 1 fully saturated rings.